The van der Waals surface area contributed by atoms with Gasteiger partial charge in [-0.05, 0) is 40.2 Å². The highest BCUT2D eigenvalue weighted by Gasteiger charge is 2.31. The third kappa shape index (κ3) is 4.74. The predicted molar refractivity (Wildman–Crippen MR) is 78.4 cm³/mol. The molecule has 2 heterocycles. The van der Waals surface area contributed by atoms with E-state index in [2.05, 4.69) is 26.6 Å². The zero-order chi connectivity index (χ0) is 13.7. The molecule has 5 nitrogen and oxygen atoms in total. The summed E-state index contributed by atoms with van der Waals surface area (Å²) in [6.45, 7) is 0.803. The molecule has 1 fully saturated rings. The lowest BCUT2D eigenvalue weighted by Crippen LogP contribution is -2.46. The molecule has 0 bridgehead atoms. The summed E-state index contributed by atoms with van der Waals surface area (Å²) < 4.78 is 6.01. The number of nitrogens with one attached hydrogen (secondary N) is 2. The maximum absolute atomic E-state index is 11.6. The minimum atomic E-state index is -0.742. The van der Waals surface area contributed by atoms with Crippen molar-refractivity contribution in [2.45, 2.75) is 18.4 Å². The summed E-state index contributed by atoms with van der Waals surface area (Å²) in [5.41, 5.74) is -0.742. The van der Waals surface area contributed by atoms with E-state index in [0.717, 1.165) is 17.9 Å². The Labute approximate surface area is 124 Å². The molecular formula is C12H17BrN2O3S. The fraction of sp³-hybridized carbons (Fsp3) is 0.583. The predicted octanol–water partition coefficient (Wildman–Crippen LogP) is 1.75. The molecule has 1 saturated heterocycles. The maximum Gasteiger partial charge on any atom is 0.314 e. The van der Waals surface area contributed by atoms with Gasteiger partial charge in [0.05, 0.1) is 5.60 Å². The number of amides is 2. The molecule has 0 spiro atoms. The average Bonchev–Trinajstić information content (AvgIpc) is 2.97. The summed E-state index contributed by atoms with van der Waals surface area (Å²) in [7, 11) is 0. The normalized spacial score (nSPS) is 22.4. The van der Waals surface area contributed by atoms with Crippen LogP contribution in [0.5, 0.6) is 0 Å². The van der Waals surface area contributed by atoms with E-state index in [1.807, 2.05) is 12.1 Å². The van der Waals surface area contributed by atoms with E-state index in [1.54, 1.807) is 11.8 Å². The molecule has 1 aliphatic heterocycles. The Morgan fingerprint density at radius 2 is 2.37 bits per heavy atom. The average molecular weight is 349 g/mol. The number of furan rings is 1. The largest absolute Gasteiger partial charge is 0.454 e. The van der Waals surface area contributed by atoms with Crippen LogP contribution in [0.25, 0.3) is 0 Å². The van der Waals surface area contributed by atoms with Crippen LogP contribution in [-0.4, -0.2) is 41.3 Å². The highest BCUT2D eigenvalue weighted by molar-refractivity contribution is 9.10. The molecule has 0 aliphatic carbocycles. The van der Waals surface area contributed by atoms with Crippen LogP contribution >= 0.6 is 27.7 Å². The van der Waals surface area contributed by atoms with Crippen molar-refractivity contribution in [1.82, 2.24) is 10.6 Å². The van der Waals surface area contributed by atoms with Gasteiger partial charge < -0.3 is 20.2 Å². The van der Waals surface area contributed by atoms with Crippen LogP contribution in [0.4, 0.5) is 4.79 Å². The van der Waals surface area contributed by atoms with Gasteiger partial charge in [-0.2, -0.15) is 11.8 Å². The van der Waals surface area contributed by atoms with Crippen molar-refractivity contribution < 1.29 is 14.3 Å². The number of halogens is 1. The van der Waals surface area contributed by atoms with Crippen LogP contribution in [0.1, 0.15) is 12.2 Å². The van der Waals surface area contributed by atoms with Crippen molar-refractivity contribution in [3.8, 4) is 0 Å². The highest BCUT2D eigenvalue weighted by Crippen LogP contribution is 2.26. The van der Waals surface area contributed by atoms with Crippen LogP contribution in [0.3, 0.4) is 0 Å². The van der Waals surface area contributed by atoms with E-state index in [1.165, 1.54) is 0 Å². The first-order valence-corrected chi connectivity index (χ1v) is 8.08. The Hall–Kier alpha value is -0.660. The lowest BCUT2D eigenvalue weighted by Gasteiger charge is -2.21. The second kappa shape index (κ2) is 6.67. The zero-order valence-corrected chi connectivity index (χ0v) is 12.8. The van der Waals surface area contributed by atoms with Crippen molar-refractivity contribution in [3.63, 3.8) is 0 Å². The third-order valence-corrected chi connectivity index (χ3v) is 4.61. The zero-order valence-electron chi connectivity index (χ0n) is 10.4. The molecule has 1 unspecified atom stereocenters. The number of carbonyl (C=O) groups excluding carboxylic acids is 1. The minimum absolute atomic E-state index is 0.254. The number of rotatable bonds is 5. The molecule has 19 heavy (non-hydrogen) atoms. The van der Waals surface area contributed by atoms with E-state index < -0.39 is 5.60 Å². The molecule has 1 atom stereocenters. The van der Waals surface area contributed by atoms with Gasteiger partial charge in [-0.15, -0.1) is 0 Å². The van der Waals surface area contributed by atoms with Gasteiger partial charge in [0.25, 0.3) is 0 Å². The van der Waals surface area contributed by atoms with Crippen molar-refractivity contribution in [2.75, 3.05) is 24.6 Å². The van der Waals surface area contributed by atoms with Crippen LogP contribution in [0.15, 0.2) is 21.2 Å². The number of thioether (sulfide) groups is 1. The molecule has 0 radical (unpaired) electrons. The Kier molecular flexibility index (Phi) is 5.18. The van der Waals surface area contributed by atoms with E-state index in [0.29, 0.717) is 29.9 Å². The van der Waals surface area contributed by atoms with E-state index >= 15 is 0 Å². The van der Waals surface area contributed by atoms with Gasteiger partial charge in [-0.25, -0.2) is 4.79 Å². The summed E-state index contributed by atoms with van der Waals surface area (Å²) in [6, 6.07) is 3.43. The van der Waals surface area contributed by atoms with E-state index in [9.17, 15) is 9.90 Å². The van der Waals surface area contributed by atoms with E-state index in [4.69, 9.17) is 4.42 Å². The van der Waals surface area contributed by atoms with Crippen molar-refractivity contribution in [3.05, 3.63) is 22.6 Å². The summed E-state index contributed by atoms with van der Waals surface area (Å²) >= 11 is 4.94. The van der Waals surface area contributed by atoms with Crippen molar-refractivity contribution in [2.24, 2.45) is 0 Å². The van der Waals surface area contributed by atoms with Gasteiger partial charge in [0.15, 0.2) is 4.67 Å². The molecule has 2 amide bonds. The lowest BCUT2D eigenvalue weighted by atomic mass is 10.0. The molecule has 0 aromatic carbocycles. The molecule has 0 saturated carbocycles. The topological polar surface area (TPSA) is 74.5 Å². The summed E-state index contributed by atoms with van der Waals surface area (Å²) in [6.07, 6.45) is 1.37. The number of aliphatic hydroxyl groups is 1. The molecule has 106 valence electrons. The lowest BCUT2D eigenvalue weighted by molar-refractivity contribution is 0.0700. The van der Waals surface area contributed by atoms with Crippen LogP contribution < -0.4 is 10.6 Å². The summed E-state index contributed by atoms with van der Waals surface area (Å²) in [4.78, 5) is 11.6. The summed E-state index contributed by atoms with van der Waals surface area (Å²) in [5.74, 6) is 2.46. The summed E-state index contributed by atoms with van der Waals surface area (Å²) in [5, 5.41) is 15.5. The van der Waals surface area contributed by atoms with Gasteiger partial charge in [-0.3, -0.25) is 0 Å². The van der Waals surface area contributed by atoms with Crippen LogP contribution in [0.2, 0.25) is 0 Å². The fourth-order valence-electron chi connectivity index (χ4n) is 1.83. The molecule has 1 aliphatic rings. The third-order valence-electron chi connectivity index (χ3n) is 2.95. The molecule has 1 aromatic heterocycles. The Morgan fingerprint density at radius 3 is 3.00 bits per heavy atom. The second-order valence-corrected chi connectivity index (χ2v) is 6.48. The molecule has 1 aromatic rings. The first-order valence-electron chi connectivity index (χ1n) is 6.13. The standard InChI is InChI=1S/C12H17BrN2O3S/c13-10-2-1-9(18-10)3-5-14-11(16)15-7-12(17)4-6-19-8-12/h1-2,17H,3-8H2,(H2,14,15,16). The Bertz CT molecular complexity index is 432. The highest BCUT2D eigenvalue weighted by atomic mass is 79.9. The van der Waals surface area contributed by atoms with E-state index in [-0.39, 0.29) is 6.03 Å². The van der Waals surface area contributed by atoms with Gasteiger partial charge in [0.2, 0.25) is 0 Å². The molecule has 7 heteroatoms. The number of urea groups is 1. The van der Waals surface area contributed by atoms with Gasteiger partial charge in [0.1, 0.15) is 5.76 Å². The smallest absolute Gasteiger partial charge is 0.314 e. The molecule has 3 N–H and O–H groups in total. The Morgan fingerprint density at radius 1 is 1.53 bits per heavy atom. The SMILES string of the molecule is O=C(NCCc1ccc(Br)o1)NCC1(O)CCSC1. The van der Waals surface area contributed by atoms with Crippen LogP contribution in [0, 0.1) is 0 Å². The maximum atomic E-state index is 11.6. The number of carbonyl (C=O) groups is 1. The van der Waals surface area contributed by atoms with Gasteiger partial charge in [0, 0.05) is 25.3 Å². The quantitative estimate of drug-likeness (QED) is 0.757. The number of hydrogen-bond acceptors (Lipinski definition) is 4. The van der Waals surface area contributed by atoms with Gasteiger partial charge >= 0.3 is 6.03 Å². The van der Waals surface area contributed by atoms with Crippen molar-refractivity contribution in [1.29, 1.82) is 0 Å². The minimum Gasteiger partial charge on any atom is -0.454 e. The fourth-order valence-corrected chi connectivity index (χ4v) is 3.46. The van der Waals surface area contributed by atoms with Gasteiger partial charge in [-0.1, -0.05) is 0 Å². The first kappa shape index (κ1) is 14.7. The second-order valence-electron chi connectivity index (χ2n) is 4.59. The van der Waals surface area contributed by atoms with Crippen LogP contribution in [-0.2, 0) is 6.42 Å². The number of hydrogen-bond donors (Lipinski definition) is 3. The molecular weight excluding hydrogens is 332 g/mol. The molecule has 2 rings (SSSR count). The monoisotopic (exact) mass is 348 g/mol. The first-order chi connectivity index (χ1) is 9.07. The van der Waals surface area contributed by atoms with Crippen molar-refractivity contribution >= 4 is 33.7 Å². The Balaban J connectivity index is 1.62.